The van der Waals surface area contributed by atoms with Crippen LogP contribution in [-0.4, -0.2) is 22.7 Å². The first kappa shape index (κ1) is 14.5. The summed E-state index contributed by atoms with van der Waals surface area (Å²) in [6.45, 7) is -1.39. The number of carboxylic acids is 1. The molecule has 0 saturated heterocycles. The highest BCUT2D eigenvalue weighted by molar-refractivity contribution is 6.37. The van der Waals surface area contributed by atoms with Crippen molar-refractivity contribution >= 4 is 39.5 Å². The van der Waals surface area contributed by atoms with Gasteiger partial charge in [-0.1, -0.05) is 11.6 Å². The van der Waals surface area contributed by atoms with E-state index in [1.807, 2.05) is 0 Å². The molecule has 1 N–H and O–H groups in total. The largest absolute Gasteiger partial charge is 0.478 e. The Morgan fingerprint density at radius 1 is 1.36 bits per heavy atom. The molecule has 0 aliphatic rings. The lowest BCUT2D eigenvalue weighted by atomic mass is 10.1. The predicted octanol–water partition coefficient (Wildman–Crippen LogP) is 4.24. The lowest BCUT2D eigenvalue weighted by molar-refractivity contribution is -0.0493. The average molecular weight is 328 g/mol. The van der Waals surface area contributed by atoms with E-state index in [1.165, 1.54) is 6.20 Å². The first-order chi connectivity index (χ1) is 10.4. The predicted molar refractivity (Wildman–Crippen MR) is 74.9 cm³/mol. The van der Waals surface area contributed by atoms with Crippen molar-refractivity contribution in [2.24, 2.45) is 0 Å². The molecule has 2 aromatic heterocycles. The number of alkyl halides is 2. The maximum absolute atomic E-state index is 12.5. The number of carbonyl (C=O) groups is 1. The number of halogens is 3. The van der Waals surface area contributed by atoms with Gasteiger partial charge in [0.15, 0.2) is 11.3 Å². The molecule has 2 heterocycles. The molecular weight excluding hydrogens is 320 g/mol. The number of rotatable bonds is 3. The number of benzene rings is 1. The lowest BCUT2D eigenvalue weighted by Gasteiger charge is -2.06. The minimum absolute atomic E-state index is 0.0241. The fraction of sp³-hybridized carbons (Fsp3) is 0.143. The summed E-state index contributed by atoms with van der Waals surface area (Å²) in [5.74, 6) is -1.50. The summed E-state index contributed by atoms with van der Waals surface area (Å²) in [6, 6.07) is 2.28. The second-order valence-electron chi connectivity index (χ2n) is 4.54. The zero-order chi connectivity index (χ0) is 16.0. The Bertz CT molecular complexity index is 907. The van der Waals surface area contributed by atoms with Gasteiger partial charge in [-0.15, -0.1) is 0 Å². The molecule has 0 saturated carbocycles. The molecule has 3 aromatic rings. The van der Waals surface area contributed by atoms with Crippen LogP contribution in [0.2, 0.25) is 5.15 Å². The molecule has 0 aliphatic heterocycles. The third kappa shape index (κ3) is 2.14. The van der Waals surface area contributed by atoms with Crippen LogP contribution in [-0.2, 0) is 0 Å². The number of aromatic carboxylic acids is 1. The van der Waals surface area contributed by atoms with E-state index in [1.54, 1.807) is 6.92 Å². The Hall–Kier alpha value is -2.41. The van der Waals surface area contributed by atoms with E-state index in [9.17, 15) is 18.7 Å². The number of nitrogens with zero attached hydrogens (tertiary/aromatic N) is 1. The highest BCUT2D eigenvalue weighted by Gasteiger charge is 2.23. The molecule has 0 bridgehead atoms. The van der Waals surface area contributed by atoms with E-state index < -0.39 is 12.6 Å². The summed E-state index contributed by atoms with van der Waals surface area (Å²) < 4.78 is 34.9. The van der Waals surface area contributed by atoms with E-state index in [2.05, 4.69) is 9.72 Å². The van der Waals surface area contributed by atoms with E-state index in [0.717, 1.165) is 12.1 Å². The number of carboxylic acid groups (broad SMARTS) is 1. The summed E-state index contributed by atoms with van der Waals surface area (Å²) in [6.07, 6.45) is 1.45. The van der Waals surface area contributed by atoms with Gasteiger partial charge in [0, 0.05) is 17.1 Å². The normalized spacial score (nSPS) is 11.5. The van der Waals surface area contributed by atoms with Gasteiger partial charge in [-0.3, -0.25) is 0 Å². The van der Waals surface area contributed by atoms with Crippen LogP contribution in [0, 0.1) is 6.92 Å². The highest BCUT2D eigenvalue weighted by Crippen LogP contribution is 2.41. The molecule has 0 spiro atoms. The minimum Gasteiger partial charge on any atom is -0.478 e. The zero-order valence-corrected chi connectivity index (χ0v) is 11.8. The van der Waals surface area contributed by atoms with Crippen molar-refractivity contribution in [3.05, 3.63) is 34.6 Å². The Kier molecular flexibility index (Phi) is 3.37. The maximum Gasteiger partial charge on any atom is 0.387 e. The smallest absolute Gasteiger partial charge is 0.387 e. The quantitative estimate of drug-likeness (QED) is 0.728. The van der Waals surface area contributed by atoms with Crippen LogP contribution in [0.15, 0.2) is 22.7 Å². The van der Waals surface area contributed by atoms with Crippen molar-refractivity contribution in [2.75, 3.05) is 0 Å². The summed E-state index contributed by atoms with van der Waals surface area (Å²) in [4.78, 5) is 15.3. The molecule has 0 amide bonds. The van der Waals surface area contributed by atoms with Crippen LogP contribution < -0.4 is 4.74 Å². The number of aromatic nitrogens is 1. The minimum atomic E-state index is -3.07. The van der Waals surface area contributed by atoms with E-state index >= 15 is 0 Å². The molecule has 0 unspecified atom stereocenters. The third-order valence-corrected chi connectivity index (χ3v) is 3.47. The Balaban J connectivity index is 2.51. The first-order valence-electron chi connectivity index (χ1n) is 6.08. The second-order valence-corrected chi connectivity index (χ2v) is 4.90. The van der Waals surface area contributed by atoms with Crippen LogP contribution >= 0.6 is 11.6 Å². The van der Waals surface area contributed by atoms with Gasteiger partial charge in [0.25, 0.3) is 0 Å². The van der Waals surface area contributed by atoms with Crippen LogP contribution in [0.25, 0.3) is 21.9 Å². The number of furan rings is 1. The molecule has 3 rings (SSSR count). The summed E-state index contributed by atoms with van der Waals surface area (Å²) in [5.41, 5.74) is 0.635. The molecule has 1 aromatic carbocycles. The molecule has 22 heavy (non-hydrogen) atoms. The van der Waals surface area contributed by atoms with Gasteiger partial charge >= 0.3 is 12.6 Å². The number of pyridine rings is 1. The Morgan fingerprint density at radius 3 is 2.73 bits per heavy atom. The van der Waals surface area contributed by atoms with Gasteiger partial charge in [0.2, 0.25) is 0 Å². The van der Waals surface area contributed by atoms with Crippen molar-refractivity contribution in [2.45, 2.75) is 13.5 Å². The standard InChI is InChI=1S/C14H8ClF2NO4/c1-5-4-18-12(15)9-8-6(13(19)20)2-3-7(21-14(16)17)11(8)22-10(5)9/h2-4,14H,1H3,(H,19,20). The van der Waals surface area contributed by atoms with Gasteiger partial charge in [0.1, 0.15) is 10.7 Å². The highest BCUT2D eigenvalue weighted by atomic mass is 35.5. The Morgan fingerprint density at radius 2 is 2.09 bits per heavy atom. The number of hydrogen-bond donors (Lipinski definition) is 1. The molecule has 0 radical (unpaired) electrons. The first-order valence-corrected chi connectivity index (χ1v) is 6.46. The van der Waals surface area contributed by atoms with Crippen molar-refractivity contribution < 1.29 is 27.8 Å². The van der Waals surface area contributed by atoms with Gasteiger partial charge in [0.05, 0.1) is 10.9 Å². The van der Waals surface area contributed by atoms with Crippen molar-refractivity contribution in [3.63, 3.8) is 0 Å². The number of ether oxygens (including phenoxy) is 1. The Labute approximate surface area is 127 Å². The van der Waals surface area contributed by atoms with Crippen molar-refractivity contribution in [1.82, 2.24) is 4.98 Å². The molecule has 8 heteroatoms. The summed E-state index contributed by atoms with van der Waals surface area (Å²) in [7, 11) is 0. The second kappa shape index (κ2) is 5.10. The monoisotopic (exact) mass is 327 g/mol. The zero-order valence-electron chi connectivity index (χ0n) is 11.1. The topological polar surface area (TPSA) is 72.6 Å². The molecular formula is C14H8ClF2NO4. The van der Waals surface area contributed by atoms with Crippen LogP contribution in [0.1, 0.15) is 15.9 Å². The number of aryl methyl sites for hydroxylation is 1. The molecule has 5 nitrogen and oxygen atoms in total. The fourth-order valence-corrected chi connectivity index (χ4v) is 2.53. The number of hydrogen-bond acceptors (Lipinski definition) is 4. The molecule has 0 fully saturated rings. The van der Waals surface area contributed by atoms with Crippen molar-refractivity contribution in [3.8, 4) is 5.75 Å². The lowest BCUT2D eigenvalue weighted by Crippen LogP contribution is -2.03. The van der Waals surface area contributed by atoms with Crippen LogP contribution in [0.4, 0.5) is 8.78 Å². The summed E-state index contributed by atoms with van der Waals surface area (Å²) >= 11 is 6.03. The van der Waals surface area contributed by atoms with E-state index in [-0.39, 0.29) is 38.4 Å². The van der Waals surface area contributed by atoms with Crippen LogP contribution in [0.3, 0.4) is 0 Å². The van der Waals surface area contributed by atoms with Gasteiger partial charge in [-0.25, -0.2) is 9.78 Å². The van der Waals surface area contributed by atoms with Gasteiger partial charge < -0.3 is 14.3 Å². The maximum atomic E-state index is 12.5. The SMILES string of the molecule is Cc1cnc(Cl)c2c1oc1c(OC(F)F)ccc(C(=O)O)c12. The summed E-state index contributed by atoms with van der Waals surface area (Å²) in [5, 5.41) is 9.67. The third-order valence-electron chi connectivity index (χ3n) is 3.19. The fourth-order valence-electron chi connectivity index (χ4n) is 2.30. The van der Waals surface area contributed by atoms with E-state index in [0.29, 0.717) is 5.56 Å². The average Bonchev–Trinajstić information content (AvgIpc) is 2.84. The van der Waals surface area contributed by atoms with Crippen molar-refractivity contribution in [1.29, 1.82) is 0 Å². The number of fused-ring (bicyclic) bond motifs is 3. The molecule has 114 valence electrons. The van der Waals surface area contributed by atoms with Gasteiger partial charge in [-0.05, 0) is 19.1 Å². The molecule has 0 atom stereocenters. The van der Waals surface area contributed by atoms with Crippen LogP contribution in [0.5, 0.6) is 5.75 Å². The van der Waals surface area contributed by atoms with E-state index in [4.69, 9.17) is 16.0 Å². The molecule has 0 aliphatic carbocycles. The van der Waals surface area contributed by atoms with Gasteiger partial charge in [-0.2, -0.15) is 8.78 Å².